The lowest BCUT2D eigenvalue weighted by atomic mass is 9.84. The molecule has 0 aromatic heterocycles. The molecule has 2 fully saturated rings. The highest BCUT2D eigenvalue weighted by Crippen LogP contribution is 2.28. The molecular formula is C18H36N2O. The Labute approximate surface area is 131 Å². The number of likely N-dealkylation sites (tertiary alicyclic amines) is 1. The summed E-state index contributed by atoms with van der Waals surface area (Å²) < 4.78 is 0. The average Bonchev–Trinajstić information content (AvgIpc) is 2.36. The zero-order chi connectivity index (χ0) is 15.4. The van der Waals surface area contributed by atoms with Gasteiger partial charge in [-0.1, -0.05) is 20.3 Å². The zero-order valence-electron chi connectivity index (χ0n) is 14.5. The molecule has 3 nitrogen and oxygen atoms in total. The summed E-state index contributed by atoms with van der Waals surface area (Å²) >= 11 is 0. The lowest BCUT2D eigenvalue weighted by Gasteiger charge is -2.42. The first-order chi connectivity index (χ1) is 9.95. The van der Waals surface area contributed by atoms with Gasteiger partial charge in [0.1, 0.15) is 0 Å². The number of hydrogen-bond donors (Lipinski definition) is 2. The monoisotopic (exact) mass is 296 g/mol. The third-order valence-electron chi connectivity index (χ3n) is 5.56. The molecule has 0 amide bonds. The van der Waals surface area contributed by atoms with E-state index in [4.69, 9.17) is 0 Å². The highest BCUT2D eigenvalue weighted by atomic mass is 16.3. The molecule has 0 aromatic rings. The van der Waals surface area contributed by atoms with E-state index in [0.717, 1.165) is 18.9 Å². The van der Waals surface area contributed by atoms with E-state index in [2.05, 4.69) is 37.9 Å². The van der Waals surface area contributed by atoms with E-state index in [9.17, 15) is 5.11 Å². The van der Waals surface area contributed by atoms with Crippen LogP contribution in [-0.4, -0.2) is 47.8 Å². The van der Waals surface area contributed by atoms with Crippen molar-refractivity contribution in [1.82, 2.24) is 10.2 Å². The zero-order valence-corrected chi connectivity index (χ0v) is 14.5. The van der Waals surface area contributed by atoms with Crippen molar-refractivity contribution in [1.29, 1.82) is 0 Å². The Hall–Kier alpha value is -0.120. The number of rotatable bonds is 7. The third kappa shape index (κ3) is 5.22. The van der Waals surface area contributed by atoms with Crippen molar-refractivity contribution in [3.63, 3.8) is 0 Å². The van der Waals surface area contributed by atoms with Crippen molar-refractivity contribution in [3.05, 3.63) is 0 Å². The van der Waals surface area contributed by atoms with Crippen molar-refractivity contribution in [2.45, 2.75) is 78.0 Å². The number of aliphatic hydroxyl groups is 1. The van der Waals surface area contributed by atoms with E-state index >= 15 is 0 Å². The Bertz CT molecular complexity index is 300. The Morgan fingerprint density at radius 1 is 1.10 bits per heavy atom. The molecular weight excluding hydrogens is 260 g/mol. The van der Waals surface area contributed by atoms with Gasteiger partial charge in [-0.3, -0.25) is 4.90 Å². The van der Waals surface area contributed by atoms with E-state index in [-0.39, 0.29) is 6.10 Å². The van der Waals surface area contributed by atoms with E-state index in [1.165, 1.54) is 38.8 Å². The molecule has 1 saturated heterocycles. The molecule has 0 radical (unpaired) electrons. The molecule has 0 aromatic carbocycles. The maximum atomic E-state index is 10.2. The van der Waals surface area contributed by atoms with Crippen LogP contribution in [0.4, 0.5) is 0 Å². The highest BCUT2D eigenvalue weighted by molar-refractivity contribution is 4.87. The largest absolute Gasteiger partial charge is 0.393 e. The second kappa shape index (κ2) is 7.94. The normalized spacial score (nSPS) is 29.9. The van der Waals surface area contributed by atoms with Crippen LogP contribution >= 0.6 is 0 Å². The second-order valence-corrected chi connectivity index (χ2v) is 8.10. The third-order valence-corrected chi connectivity index (χ3v) is 5.56. The molecule has 1 aliphatic heterocycles. The minimum atomic E-state index is -0.144. The summed E-state index contributed by atoms with van der Waals surface area (Å²) in [6.07, 6.45) is 6.32. The first kappa shape index (κ1) is 17.2. The van der Waals surface area contributed by atoms with E-state index < -0.39 is 0 Å². The summed E-state index contributed by atoms with van der Waals surface area (Å²) in [6.45, 7) is 12.4. The van der Waals surface area contributed by atoms with Gasteiger partial charge in [0.15, 0.2) is 0 Å². The van der Waals surface area contributed by atoms with Crippen molar-refractivity contribution in [2.75, 3.05) is 19.6 Å². The molecule has 3 heteroatoms. The topological polar surface area (TPSA) is 35.5 Å². The average molecular weight is 296 g/mol. The van der Waals surface area contributed by atoms with Crippen LogP contribution in [-0.2, 0) is 0 Å². The number of aliphatic hydroxyl groups excluding tert-OH is 1. The van der Waals surface area contributed by atoms with Crippen LogP contribution in [0, 0.1) is 17.8 Å². The summed E-state index contributed by atoms with van der Waals surface area (Å²) in [6, 6.07) is 1.23. The number of hydrogen-bond acceptors (Lipinski definition) is 3. The number of nitrogens with one attached hydrogen (secondary N) is 1. The number of nitrogens with zero attached hydrogens (tertiary/aromatic N) is 1. The predicted octanol–water partition coefficient (Wildman–Crippen LogP) is 2.88. The van der Waals surface area contributed by atoms with Crippen LogP contribution in [0.5, 0.6) is 0 Å². The summed E-state index contributed by atoms with van der Waals surface area (Å²) in [5, 5.41) is 14.0. The van der Waals surface area contributed by atoms with Gasteiger partial charge >= 0.3 is 0 Å². The predicted molar refractivity (Wildman–Crippen MR) is 89.4 cm³/mol. The van der Waals surface area contributed by atoms with E-state index in [1.54, 1.807) is 0 Å². The number of piperidine rings is 1. The smallest absolute Gasteiger partial charge is 0.0566 e. The molecule has 124 valence electrons. The fraction of sp³-hybridized carbons (Fsp3) is 1.00. The van der Waals surface area contributed by atoms with Crippen molar-refractivity contribution in [2.24, 2.45) is 17.8 Å². The Morgan fingerprint density at radius 3 is 2.33 bits per heavy atom. The molecule has 3 unspecified atom stereocenters. The molecule has 3 atom stereocenters. The van der Waals surface area contributed by atoms with Gasteiger partial charge in [-0.15, -0.1) is 0 Å². The molecule has 0 bridgehead atoms. The first-order valence-corrected chi connectivity index (χ1v) is 9.11. The van der Waals surface area contributed by atoms with Crippen LogP contribution in [0.1, 0.15) is 59.8 Å². The van der Waals surface area contributed by atoms with Gasteiger partial charge in [0.25, 0.3) is 0 Å². The van der Waals surface area contributed by atoms with Gasteiger partial charge in [-0.2, -0.15) is 0 Å². The summed E-state index contributed by atoms with van der Waals surface area (Å²) in [5.41, 5.74) is 0. The molecule has 1 saturated carbocycles. The summed E-state index contributed by atoms with van der Waals surface area (Å²) in [7, 11) is 0. The molecule has 1 aliphatic carbocycles. The maximum absolute atomic E-state index is 10.2. The Morgan fingerprint density at radius 2 is 1.81 bits per heavy atom. The van der Waals surface area contributed by atoms with Gasteiger partial charge in [0.2, 0.25) is 0 Å². The summed E-state index contributed by atoms with van der Waals surface area (Å²) in [4.78, 5) is 2.60. The quantitative estimate of drug-likeness (QED) is 0.758. The van der Waals surface area contributed by atoms with Crippen molar-refractivity contribution in [3.8, 4) is 0 Å². The van der Waals surface area contributed by atoms with E-state index in [1.807, 2.05) is 0 Å². The Balaban J connectivity index is 1.84. The first-order valence-electron chi connectivity index (χ1n) is 9.11. The van der Waals surface area contributed by atoms with Gasteiger partial charge in [0.05, 0.1) is 6.10 Å². The van der Waals surface area contributed by atoms with Gasteiger partial charge in [-0.05, 0) is 63.8 Å². The lowest BCUT2D eigenvalue weighted by molar-refractivity contribution is 0.0505. The highest BCUT2D eigenvalue weighted by Gasteiger charge is 2.30. The molecule has 1 heterocycles. The van der Waals surface area contributed by atoms with Crippen molar-refractivity contribution < 1.29 is 5.11 Å². The molecule has 2 N–H and O–H groups in total. The van der Waals surface area contributed by atoms with Crippen LogP contribution in [0.2, 0.25) is 0 Å². The Kier molecular flexibility index (Phi) is 6.51. The molecule has 21 heavy (non-hydrogen) atoms. The van der Waals surface area contributed by atoms with Gasteiger partial charge in [0, 0.05) is 25.2 Å². The fourth-order valence-electron chi connectivity index (χ4n) is 3.62. The molecule has 2 rings (SSSR count). The van der Waals surface area contributed by atoms with Gasteiger partial charge < -0.3 is 10.4 Å². The molecule has 0 spiro atoms. The summed E-state index contributed by atoms with van der Waals surface area (Å²) in [5.74, 6) is 1.94. The lowest BCUT2D eigenvalue weighted by Crippen LogP contribution is -2.53. The van der Waals surface area contributed by atoms with Crippen molar-refractivity contribution >= 4 is 0 Å². The van der Waals surface area contributed by atoms with Gasteiger partial charge in [-0.25, -0.2) is 0 Å². The van der Waals surface area contributed by atoms with E-state index in [0.29, 0.717) is 23.9 Å². The minimum absolute atomic E-state index is 0.144. The SMILES string of the molecule is CC(C)C(O)CC1CC(NCC2CCC2)CN(C(C)C)C1. The van der Waals surface area contributed by atoms with Crippen LogP contribution in [0.15, 0.2) is 0 Å². The van der Waals surface area contributed by atoms with Crippen LogP contribution < -0.4 is 5.32 Å². The second-order valence-electron chi connectivity index (χ2n) is 8.10. The minimum Gasteiger partial charge on any atom is -0.393 e. The maximum Gasteiger partial charge on any atom is 0.0566 e. The fourth-order valence-corrected chi connectivity index (χ4v) is 3.62. The standard InChI is InChI=1S/C18H36N2O/c1-13(2)18(21)9-16-8-17(12-20(11-16)14(3)4)19-10-15-6-5-7-15/h13-19,21H,5-12H2,1-4H3. The van der Waals surface area contributed by atoms with Crippen LogP contribution in [0.3, 0.4) is 0 Å². The van der Waals surface area contributed by atoms with Crippen LogP contribution in [0.25, 0.3) is 0 Å². The molecule has 2 aliphatic rings.